The second-order valence-corrected chi connectivity index (χ2v) is 4.71. The van der Waals surface area contributed by atoms with E-state index < -0.39 is 11.9 Å². The number of ketones is 1. The van der Waals surface area contributed by atoms with Crippen LogP contribution in [-0.4, -0.2) is 24.3 Å². The number of hydrogen-bond acceptors (Lipinski definition) is 5. The van der Waals surface area contributed by atoms with Crippen molar-refractivity contribution < 1.29 is 23.9 Å². The molecular weight excluding hydrogens is 296 g/mol. The Morgan fingerprint density at radius 1 is 0.826 bits per heavy atom. The van der Waals surface area contributed by atoms with Gasteiger partial charge in [-0.15, -0.1) is 0 Å². The first-order chi connectivity index (χ1) is 11.0. The van der Waals surface area contributed by atoms with Crippen LogP contribution in [0.2, 0.25) is 0 Å². The Labute approximate surface area is 133 Å². The lowest BCUT2D eigenvalue weighted by Crippen LogP contribution is -2.16. The molecule has 0 fully saturated rings. The first-order valence-electron chi connectivity index (χ1n) is 7.13. The Kier molecular flexibility index (Phi) is 5.25. The van der Waals surface area contributed by atoms with E-state index in [1.165, 1.54) is 25.1 Å². The van der Waals surface area contributed by atoms with Crippen molar-refractivity contribution in [1.82, 2.24) is 0 Å². The van der Waals surface area contributed by atoms with E-state index in [1.807, 2.05) is 0 Å². The van der Waals surface area contributed by atoms with Crippen LogP contribution in [0.5, 0.6) is 5.75 Å². The molecule has 0 spiro atoms. The molecule has 118 valence electrons. The highest BCUT2D eigenvalue weighted by molar-refractivity contribution is 6.04. The van der Waals surface area contributed by atoms with E-state index in [1.54, 1.807) is 37.3 Å². The van der Waals surface area contributed by atoms with Gasteiger partial charge in [-0.2, -0.15) is 0 Å². The molecule has 5 heteroatoms. The lowest BCUT2D eigenvalue weighted by atomic mass is 10.1. The molecule has 2 aromatic carbocycles. The van der Waals surface area contributed by atoms with Crippen molar-refractivity contribution in [2.45, 2.75) is 13.8 Å². The Morgan fingerprint density at radius 2 is 1.35 bits per heavy atom. The van der Waals surface area contributed by atoms with Crippen LogP contribution in [0, 0.1) is 0 Å². The number of carbonyl (C=O) groups excluding carboxylic acids is 3. The fraction of sp³-hybridized carbons (Fsp3) is 0.167. The van der Waals surface area contributed by atoms with Crippen LogP contribution in [-0.2, 0) is 4.74 Å². The molecule has 0 heterocycles. The molecule has 0 atom stereocenters. The van der Waals surface area contributed by atoms with Crippen molar-refractivity contribution in [3.05, 3.63) is 65.2 Å². The molecule has 0 aliphatic heterocycles. The molecule has 0 aliphatic rings. The van der Waals surface area contributed by atoms with Crippen molar-refractivity contribution in [3.8, 4) is 5.75 Å². The van der Waals surface area contributed by atoms with Crippen LogP contribution < -0.4 is 4.74 Å². The van der Waals surface area contributed by atoms with Crippen molar-refractivity contribution in [3.63, 3.8) is 0 Å². The van der Waals surface area contributed by atoms with E-state index in [-0.39, 0.29) is 29.3 Å². The molecule has 0 N–H and O–H groups in total. The number of carbonyl (C=O) groups is 3. The minimum atomic E-state index is -0.720. The van der Waals surface area contributed by atoms with Gasteiger partial charge >= 0.3 is 11.9 Å². The number of para-hydroxylation sites is 1. The molecule has 0 aromatic heterocycles. The summed E-state index contributed by atoms with van der Waals surface area (Å²) in [5.74, 6) is -1.38. The maximum absolute atomic E-state index is 12.4. The summed E-state index contributed by atoms with van der Waals surface area (Å²) in [6.07, 6.45) is 0. The van der Waals surface area contributed by atoms with Gasteiger partial charge in [0.15, 0.2) is 5.78 Å². The summed E-state index contributed by atoms with van der Waals surface area (Å²) in [7, 11) is 0. The third-order valence-corrected chi connectivity index (χ3v) is 3.11. The van der Waals surface area contributed by atoms with Crippen LogP contribution in [0.4, 0.5) is 0 Å². The number of hydrogen-bond donors (Lipinski definition) is 0. The van der Waals surface area contributed by atoms with E-state index >= 15 is 0 Å². The van der Waals surface area contributed by atoms with E-state index in [4.69, 9.17) is 9.47 Å². The summed E-state index contributed by atoms with van der Waals surface area (Å²) in [5, 5.41) is 0. The lowest BCUT2D eigenvalue weighted by molar-refractivity contribution is 0.0516. The highest BCUT2D eigenvalue weighted by atomic mass is 16.5. The zero-order chi connectivity index (χ0) is 16.8. The quantitative estimate of drug-likeness (QED) is 0.481. The van der Waals surface area contributed by atoms with Gasteiger partial charge < -0.3 is 9.47 Å². The first-order valence-corrected chi connectivity index (χ1v) is 7.13. The van der Waals surface area contributed by atoms with Gasteiger partial charge in [-0.25, -0.2) is 9.59 Å². The summed E-state index contributed by atoms with van der Waals surface area (Å²) in [4.78, 5) is 35.9. The van der Waals surface area contributed by atoms with Crippen LogP contribution in [0.3, 0.4) is 0 Å². The molecule has 0 amide bonds. The van der Waals surface area contributed by atoms with Gasteiger partial charge in [-0.1, -0.05) is 24.3 Å². The molecule has 0 saturated carbocycles. The predicted molar refractivity (Wildman–Crippen MR) is 83.8 cm³/mol. The minimum absolute atomic E-state index is 0.0873. The van der Waals surface area contributed by atoms with Crippen molar-refractivity contribution in [1.29, 1.82) is 0 Å². The van der Waals surface area contributed by atoms with Gasteiger partial charge in [0.05, 0.1) is 23.3 Å². The largest absolute Gasteiger partial charge is 0.462 e. The smallest absolute Gasteiger partial charge is 0.344 e. The van der Waals surface area contributed by atoms with Crippen molar-refractivity contribution in [2.75, 3.05) is 6.61 Å². The maximum atomic E-state index is 12.4. The monoisotopic (exact) mass is 312 g/mol. The Balaban J connectivity index is 2.32. The summed E-state index contributed by atoms with van der Waals surface area (Å²) in [6.45, 7) is 3.27. The lowest BCUT2D eigenvalue weighted by Gasteiger charge is -2.10. The minimum Gasteiger partial charge on any atom is -0.462 e. The fourth-order valence-corrected chi connectivity index (χ4v) is 2.05. The van der Waals surface area contributed by atoms with Gasteiger partial charge in [0.1, 0.15) is 5.75 Å². The Morgan fingerprint density at radius 3 is 1.91 bits per heavy atom. The van der Waals surface area contributed by atoms with Gasteiger partial charge in [0.2, 0.25) is 0 Å². The molecule has 0 radical (unpaired) electrons. The number of Topliss-reactive ketones (excluding diaryl/α,β-unsaturated/α-hetero) is 1. The van der Waals surface area contributed by atoms with Gasteiger partial charge in [-0.05, 0) is 38.1 Å². The molecule has 5 nitrogen and oxygen atoms in total. The zero-order valence-corrected chi connectivity index (χ0v) is 12.9. The fourth-order valence-electron chi connectivity index (χ4n) is 2.05. The predicted octanol–water partition coefficient (Wildman–Crippen LogP) is 3.29. The molecule has 0 unspecified atom stereocenters. The summed E-state index contributed by atoms with van der Waals surface area (Å²) in [5.41, 5.74) is 0.512. The summed E-state index contributed by atoms with van der Waals surface area (Å²) >= 11 is 0. The highest BCUT2D eigenvalue weighted by Gasteiger charge is 2.20. The maximum Gasteiger partial charge on any atom is 0.344 e. The average Bonchev–Trinajstić information content (AvgIpc) is 2.55. The molecular formula is C18H16O5. The third kappa shape index (κ3) is 3.83. The van der Waals surface area contributed by atoms with Gasteiger partial charge in [-0.3, -0.25) is 4.79 Å². The number of ether oxygens (including phenoxy) is 2. The SMILES string of the molecule is CCOC(=O)c1ccccc1C(=O)Oc1ccccc1C(C)=O. The molecule has 0 aliphatic carbocycles. The number of rotatable bonds is 5. The van der Waals surface area contributed by atoms with E-state index in [0.29, 0.717) is 5.56 Å². The van der Waals surface area contributed by atoms with Gasteiger partial charge in [0.25, 0.3) is 0 Å². The normalized spacial score (nSPS) is 10.0. The van der Waals surface area contributed by atoms with Crippen molar-refractivity contribution in [2.24, 2.45) is 0 Å². The van der Waals surface area contributed by atoms with Crippen LogP contribution in [0.1, 0.15) is 44.9 Å². The van der Waals surface area contributed by atoms with E-state index in [0.717, 1.165) is 0 Å². The van der Waals surface area contributed by atoms with Crippen LogP contribution in [0.25, 0.3) is 0 Å². The van der Waals surface area contributed by atoms with Gasteiger partial charge in [0, 0.05) is 0 Å². The van der Waals surface area contributed by atoms with E-state index in [2.05, 4.69) is 0 Å². The van der Waals surface area contributed by atoms with Crippen LogP contribution in [0.15, 0.2) is 48.5 Å². The molecule has 0 saturated heterocycles. The average molecular weight is 312 g/mol. The summed E-state index contributed by atoms with van der Waals surface area (Å²) in [6, 6.07) is 12.7. The topological polar surface area (TPSA) is 69.7 Å². The molecule has 2 rings (SSSR count). The zero-order valence-electron chi connectivity index (χ0n) is 12.9. The number of esters is 2. The number of benzene rings is 2. The third-order valence-electron chi connectivity index (χ3n) is 3.11. The Bertz CT molecular complexity index is 749. The second-order valence-electron chi connectivity index (χ2n) is 4.71. The molecule has 0 bridgehead atoms. The van der Waals surface area contributed by atoms with Crippen LogP contribution >= 0.6 is 0 Å². The summed E-state index contributed by atoms with van der Waals surface area (Å²) < 4.78 is 10.2. The highest BCUT2D eigenvalue weighted by Crippen LogP contribution is 2.21. The van der Waals surface area contributed by atoms with Crippen molar-refractivity contribution >= 4 is 17.7 Å². The Hall–Kier alpha value is -2.95. The van der Waals surface area contributed by atoms with E-state index in [9.17, 15) is 14.4 Å². The first kappa shape index (κ1) is 16.4. The standard InChI is InChI=1S/C18H16O5/c1-3-22-17(20)14-9-4-5-10-15(14)18(21)23-16-11-7-6-8-13(16)12(2)19/h4-11H,3H2,1-2H3. The molecule has 2 aromatic rings. The molecule has 23 heavy (non-hydrogen) atoms. The second kappa shape index (κ2) is 7.35.